The molecule has 1 saturated heterocycles. The monoisotopic (exact) mass is 426 g/mol. The maximum atomic E-state index is 12.8. The molecule has 1 aliphatic heterocycles. The SMILES string of the molecule is N#Cc1ncc(Nc2ncc3c(ccc(=O)n3CC(F)F)n2)cc1N[C@@H]1CCCNC1. The van der Waals surface area contributed by atoms with Gasteiger partial charge >= 0.3 is 0 Å². The third kappa shape index (κ3) is 4.75. The number of nitriles is 1. The minimum Gasteiger partial charge on any atom is -0.379 e. The van der Waals surface area contributed by atoms with Crippen molar-refractivity contribution in [1.82, 2.24) is 24.8 Å². The number of rotatable bonds is 6. The van der Waals surface area contributed by atoms with Crippen molar-refractivity contribution >= 4 is 28.4 Å². The maximum absolute atomic E-state index is 12.8. The Morgan fingerprint density at radius 2 is 2.19 bits per heavy atom. The molecule has 3 aromatic heterocycles. The zero-order valence-corrected chi connectivity index (χ0v) is 16.5. The first-order valence-electron chi connectivity index (χ1n) is 9.82. The van der Waals surface area contributed by atoms with Crippen LogP contribution in [0.2, 0.25) is 0 Å². The van der Waals surface area contributed by atoms with Gasteiger partial charge in [0.05, 0.1) is 41.3 Å². The van der Waals surface area contributed by atoms with E-state index in [-0.39, 0.29) is 23.2 Å². The second kappa shape index (κ2) is 9.01. The second-order valence-electron chi connectivity index (χ2n) is 7.18. The highest BCUT2D eigenvalue weighted by Crippen LogP contribution is 2.23. The molecule has 160 valence electrons. The van der Waals surface area contributed by atoms with Gasteiger partial charge in [0.15, 0.2) is 5.69 Å². The molecule has 0 spiro atoms. The third-order valence-electron chi connectivity index (χ3n) is 4.97. The number of pyridine rings is 2. The lowest BCUT2D eigenvalue weighted by molar-refractivity contribution is 0.127. The number of hydrogen-bond donors (Lipinski definition) is 3. The maximum Gasteiger partial charge on any atom is 0.256 e. The van der Waals surface area contributed by atoms with E-state index >= 15 is 0 Å². The molecule has 0 bridgehead atoms. The topological polar surface area (TPSA) is 121 Å². The number of alkyl halides is 2. The van der Waals surface area contributed by atoms with Crippen LogP contribution in [0.3, 0.4) is 0 Å². The average molecular weight is 426 g/mol. The Hall–Kier alpha value is -3.65. The molecular formula is C20H20F2N8O. The average Bonchev–Trinajstić information content (AvgIpc) is 2.76. The van der Waals surface area contributed by atoms with Gasteiger partial charge in [-0.05, 0) is 31.5 Å². The fourth-order valence-electron chi connectivity index (χ4n) is 3.52. The Morgan fingerprint density at radius 1 is 1.32 bits per heavy atom. The van der Waals surface area contributed by atoms with Gasteiger partial charge < -0.3 is 16.0 Å². The molecule has 0 saturated carbocycles. The van der Waals surface area contributed by atoms with Gasteiger partial charge in [0.25, 0.3) is 12.0 Å². The highest BCUT2D eigenvalue weighted by atomic mass is 19.3. The molecule has 0 amide bonds. The molecular weight excluding hydrogens is 406 g/mol. The molecule has 1 fully saturated rings. The third-order valence-corrected chi connectivity index (χ3v) is 4.97. The summed E-state index contributed by atoms with van der Waals surface area (Å²) in [6.07, 6.45) is 2.19. The van der Waals surface area contributed by atoms with E-state index < -0.39 is 18.5 Å². The molecule has 0 aliphatic carbocycles. The van der Waals surface area contributed by atoms with E-state index in [0.717, 1.165) is 30.5 Å². The lowest BCUT2D eigenvalue weighted by Gasteiger charge is -2.25. The van der Waals surface area contributed by atoms with Crippen LogP contribution in [-0.4, -0.2) is 45.1 Å². The van der Waals surface area contributed by atoms with Crippen LogP contribution in [0.25, 0.3) is 11.0 Å². The van der Waals surface area contributed by atoms with Crippen LogP contribution < -0.4 is 21.5 Å². The van der Waals surface area contributed by atoms with Crippen molar-refractivity contribution in [3.8, 4) is 6.07 Å². The van der Waals surface area contributed by atoms with Crippen LogP contribution in [0.15, 0.2) is 35.4 Å². The van der Waals surface area contributed by atoms with E-state index in [4.69, 9.17) is 0 Å². The highest BCUT2D eigenvalue weighted by Gasteiger charge is 2.16. The van der Waals surface area contributed by atoms with Crippen molar-refractivity contribution in [2.24, 2.45) is 0 Å². The fourth-order valence-corrected chi connectivity index (χ4v) is 3.52. The van der Waals surface area contributed by atoms with E-state index in [1.54, 1.807) is 6.07 Å². The van der Waals surface area contributed by atoms with Crippen molar-refractivity contribution in [3.63, 3.8) is 0 Å². The Balaban J connectivity index is 1.60. The van der Waals surface area contributed by atoms with E-state index in [1.165, 1.54) is 24.5 Å². The molecule has 4 rings (SSSR count). The summed E-state index contributed by atoms with van der Waals surface area (Å²) in [5.74, 6) is 0.214. The summed E-state index contributed by atoms with van der Waals surface area (Å²) in [7, 11) is 0. The van der Waals surface area contributed by atoms with Crippen LogP contribution in [0.4, 0.5) is 26.1 Å². The van der Waals surface area contributed by atoms with Crippen molar-refractivity contribution in [2.75, 3.05) is 23.7 Å². The molecule has 0 unspecified atom stereocenters. The Bertz CT molecular complexity index is 1180. The minimum atomic E-state index is -2.67. The van der Waals surface area contributed by atoms with Crippen LogP contribution in [0.5, 0.6) is 0 Å². The molecule has 11 heteroatoms. The van der Waals surface area contributed by atoms with Crippen molar-refractivity contribution < 1.29 is 8.78 Å². The molecule has 31 heavy (non-hydrogen) atoms. The first kappa shape index (κ1) is 20.6. The fraction of sp³-hybridized carbons (Fsp3) is 0.350. The van der Waals surface area contributed by atoms with Crippen LogP contribution in [-0.2, 0) is 6.54 Å². The van der Waals surface area contributed by atoms with Crippen molar-refractivity contribution in [3.05, 3.63) is 46.6 Å². The Labute approximate surface area is 176 Å². The van der Waals surface area contributed by atoms with E-state index in [2.05, 4.69) is 37.0 Å². The van der Waals surface area contributed by atoms with E-state index in [0.29, 0.717) is 16.9 Å². The first-order chi connectivity index (χ1) is 15.0. The molecule has 1 aliphatic rings. The van der Waals surface area contributed by atoms with Gasteiger partial charge in [0.2, 0.25) is 5.95 Å². The van der Waals surface area contributed by atoms with Crippen LogP contribution >= 0.6 is 0 Å². The summed E-state index contributed by atoms with van der Waals surface area (Å²) in [4.78, 5) is 24.6. The molecule has 1 atom stereocenters. The number of anilines is 3. The zero-order chi connectivity index (χ0) is 21.8. The number of hydrogen-bond acceptors (Lipinski definition) is 8. The number of piperidine rings is 1. The molecule has 3 aromatic rings. The van der Waals surface area contributed by atoms with Crippen LogP contribution in [0, 0.1) is 11.3 Å². The Morgan fingerprint density at radius 3 is 2.94 bits per heavy atom. The summed E-state index contributed by atoms with van der Waals surface area (Å²) in [5, 5.41) is 19.0. The van der Waals surface area contributed by atoms with Crippen LogP contribution in [0.1, 0.15) is 18.5 Å². The highest BCUT2D eigenvalue weighted by molar-refractivity contribution is 5.75. The van der Waals surface area contributed by atoms with Gasteiger partial charge in [-0.25, -0.2) is 23.7 Å². The van der Waals surface area contributed by atoms with E-state index in [1.807, 2.05) is 0 Å². The van der Waals surface area contributed by atoms with Gasteiger partial charge in [0, 0.05) is 18.7 Å². The second-order valence-corrected chi connectivity index (χ2v) is 7.18. The summed E-state index contributed by atoms with van der Waals surface area (Å²) < 4.78 is 26.6. The summed E-state index contributed by atoms with van der Waals surface area (Å²) in [6, 6.07) is 6.70. The smallest absolute Gasteiger partial charge is 0.256 e. The Kier molecular flexibility index (Phi) is 5.99. The van der Waals surface area contributed by atoms with Gasteiger partial charge in [-0.15, -0.1) is 0 Å². The standard InChI is InChI=1S/C20H20F2N8O/c21-18(22)11-30-17-10-26-20(29-14(17)3-4-19(30)31)28-13-6-15(16(7-23)25-9-13)27-12-2-1-5-24-8-12/h3-4,6,9-10,12,18,24,27H,1-2,5,8,11H2,(H,26,28,29)/t12-/m1/s1. The van der Waals surface area contributed by atoms with E-state index in [9.17, 15) is 18.8 Å². The molecule has 4 heterocycles. The predicted octanol–water partition coefficient (Wildman–Crippen LogP) is 2.23. The summed E-state index contributed by atoms with van der Waals surface area (Å²) in [6.45, 7) is 1.06. The van der Waals surface area contributed by atoms with Crippen molar-refractivity contribution in [2.45, 2.75) is 31.9 Å². The lowest BCUT2D eigenvalue weighted by Crippen LogP contribution is -2.38. The molecule has 0 radical (unpaired) electrons. The summed E-state index contributed by atoms with van der Waals surface area (Å²) >= 11 is 0. The zero-order valence-electron chi connectivity index (χ0n) is 16.5. The molecule has 0 aromatic carbocycles. The lowest BCUT2D eigenvalue weighted by atomic mass is 10.1. The van der Waals surface area contributed by atoms with Gasteiger partial charge in [-0.2, -0.15) is 5.26 Å². The molecule has 9 nitrogen and oxygen atoms in total. The largest absolute Gasteiger partial charge is 0.379 e. The summed E-state index contributed by atoms with van der Waals surface area (Å²) in [5.41, 5.74) is 1.49. The predicted molar refractivity (Wildman–Crippen MR) is 112 cm³/mol. The number of nitrogens with one attached hydrogen (secondary N) is 3. The molecule has 3 N–H and O–H groups in total. The number of fused-ring (bicyclic) bond motifs is 1. The normalized spacial score (nSPS) is 16.3. The number of nitrogens with zero attached hydrogens (tertiary/aromatic N) is 5. The minimum absolute atomic E-state index is 0.196. The van der Waals surface area contributed by atoms with Crippen molar-refractivity contribution in [1.29, 1.82) is 5.26 Å². The van der Waals surface area contributed by atoms with Gasteiger partial charge in [-0.1, -0.05) is 0 Å². The number of halogens is 2. The van der Waals surface area contributed by atoms with Gasteiger partial charge in [0.1, 0.15) is 6.07 Å². The van der Waals surface area contributed by atoms with Gasteiger partial charge in [-0.3, -0.25) is 9.36 Å². The number of aromatic nitrogens is 4. The first-order valence-corrected chi connectivity index (χ1v) is 9.82. The quantitative estimate of drug-likeness (QED) is 0.549.